The van der Waals surface area contributed by atoms with Crippen molar-refractivity contribution in [3.63, 3.8) is 0 Å². The summed E-state index contributed by atoms with van der Waals surface area (Å²) in [6.07, 6.45) is 4.88. The Hall–Kier alpha value is -3.00. The summed E-state index contributed by atoms with van der Waals surface area (Å²) in [6.45, 7) is 0. The topological polar surface area (TPSA) is 100 Å². The number of aromatic nitrogens is 3. The number of esters is 1. The maximum atomic E-state index is 11.9. The van der Waals surface area contributed by atoms with Gasteiger partial charge in [-0.1, -0.05) is 6.07 Å². The fraction of sp³-hybridized carbons (Fsp3) is 0.125. The van der Waals surface area contributed by atoms with Crippen LogP contribution < -0.4 is 5.73 Å². The van der Waals surface area contributed by atoms with Gasteiger partial charge in [0.25, 0.3) is 0 Å². The Bertz CT molecular complexity index is 872. The quantitative estimate of drug-likeness (QED) is 0.714. The molecule has 3 aromatic heterocycles. The SMILES string of the molecule is COC(=O)c1ccc(-c2ccn(C(C(N)=O)c3cccnc3)n2)s1. The number of primary amides is 1. The molecule has 0 saturated carbocycles. The highest BCUT2D eigenvalue weighted by Crippen LogP contribution is 2.28. The van der Waals surface area contributed by atoms with E-state index in [0.29, 0.717) is 16.1 Å². The number of pyridine rings is 1. The van der Waals surface area contributed by atoms with Crippen molar-refractivity contribution in [3.8, 4) is 10.6 Å². The fourth-order valence-corrected chi connectivity index (χ4v) is 3.17. The van der Waals surface area contributed by atoms with E-state index < -0.39 is 17.9 Å². The van der Waals surface area contributed by atoms with Crippen molar-refractivity contribution < 1.29 is 14.3 Å². The number of hydrogen-bond acceptors (Lipinski definition) is 6. The number of nitrogens with two attached hydrogens (primary N) is 1. The molecule has 3 heterocycles. The van der Waals surface area contributed by atoms with Crippen LogP contribution in [0.3, 0.4) is 0 Å². The molecule has 1 unspecified atom stereocenters. The highest BCUT2D eigenvalue weighted by molar-refractivity contribution is 7.17. The predicted octanol–water partition coefficient (Wildman–Crippen LogP) is 1.87. The van der Waals surface area contributed by atoms with Crippen molar-refractivity contribution in [3.05, 3.63) is 59.4 Å². The van der Waals surface area contributed by atoms with Gasteiger partial charge in [0.2, 0.25) is 5.91 Å². The van der Waals surface area contributed by atoms with E-state index in [1.54, 1.807) is 48.9 Å². The van der Waals surface area contributed by atoms with Gasteiger partial charge < -0.3 is 10.5 Å². The number of nitrogens with zero attached hydrogens (tertiary/aromatic N) is 3. The molecule has 0 aliphatic heterocycles. The molecule has 0 fully saturated rings. The summed E-state index contributed by atoms with van der Waals surface area (Å²) < 4.78 is 6.19. The number of carbonyl (C=O) groups is 2. The van der Waals surface area contributed by atoms with E-state index in [1.807, 2.05) is 0 Å². The number of amides is 1. The molecule has 0 spiro atoms. The Morgan fingerprint density at radius 3 is 2.79 bits per heavy atom. The average molecular weight is 342 g/mol. The summed E-state index contributed by atoms with van der Waals surface area (Å²) in [7, 11) is 1.34. The monoisotopic (exact) mass is 342 g/mol. The zero-order valence-corrected chi connectivity index (χ0v) is 13.6. The zero-order valence-electron chi connectivity index (χ0n) is 12.7. The third-order valence-corrected chi connectivity index (χ3v) is 4.48. The van der Waals surface area contributed by atoms with Crippen LogP contribution in [0.1, 0.15) is 21.3 Å². The van der Waals surface area contributed by atoms with Gasteiger partial charge in [0.1, 0.15) is 10.6 Å². The largest absolute Gasteiger partial charge is 0.465 e. The molecule has 0 aromatic carbocycles. The summed E-state index contributed by atoms with van der Waals surface area (Å²) in [5, 5.41) is 4.42. The molecule has 0 saturated heterocycles. The minimum atomic E-state index is -0.743. The van der Waals surface area contributed by atoms with Gasteiger partial charge in [0.15, 0.2) is 6.04 Å². The Kier molecular flexibility index (Phi) is 4.39. The first-order chi connectivity index (χ1) is 11.6. The standard InChI is InChI=1S/C16H14N4O3S/c1-23-16(22)13-5-4-12(24-13)11-6-8-20(19-11)14(15(17)21)10-3-2-7-18-9-10/h2-9,14H,1H3,(H2,17,21). The van der Waals surface area contributed by atoms with Gasteiger partial charge in [-0.25, -0.2) is 4.79 Å². The van der Waals surface area contributed by atoms with Crippen LogP contribution in [0.4, 0.5) is 0 Å². The summed E-state index contributed by atoms with van der Waals surface area (Å²) in [5.74, 6) is -0.921. The first kappa shape index (κ1) is 15.9. The normalized spacial score (nSPS) is 11.9. The Morgan fingerprint density at radius 1 is 1.29 bits per heavy atom. The second-order valence-electron chi connectivity index (χ2n) is 4.93. The second-order valence-corrected chi connectivity index (χ2v) is 6.01. The van der Waals surface area contributed by atoms with Crippen molar-refractivity contribution >= 4 is 23.2 Å². The summed E-state index contributed by atoms with van der Waals surface area (Å²) in [5.41, 5.74) is 6.82. The van der Waals surface area contributed by atoms with Crippen LogP contribution in [0.25, 0.3) is 10.6 Å². The van der Waals surface area contributed by atoms with Gasteiger partial charge in [0, 0.05) is 24.2 Å². The molecular formula is C16H14N4O3S. The van der Waals surface area contributed by atoms with Crippen LogP contribution in [0.2, 0.25) is 0 Å². The van der Waals surface area contributed by atoms with Crippen LogP contribution in [-0.4, -0.2) is 33.8 Å². The lowest BCUT2D eigenvalue weighted by atomic mass is 10.1. The van der Waals surface area contributed by atoms with E-state index in [2.05, 4.69) is 10.1 Å². The maximum Gasteiger partial charge on any atom is 0.348 e. The van der Waals surface area contributed by atoms with Gasteiger partial charge in [-0.2, -0.15) is 5.10 Å². The third-order valence-electron chi connectivity index (χ3n) is 3.39. The highest BCUT2D eigenvalue weighted by atomic mass is 32.1. The molecule has 7 nitrogen and oxygen atoms in total. The lowest BCUT2D eigenvalue weighted by molar-refractivity contribution is -0.120. The molecule has 0 bridgehead atoms. The van der Waals surface area contributed by atoms with E-state index in [1.165, 1.54) is 23.1 Å². The molecule has 3 rings (SSSR count). The molecule has 8 heteroatoms. The summed E-state index contributed by atoms with van der Waals surface area (Å²) in [4.78, 5) is 28.7. The lowest BCUT2D eigenvalue weighted by Crippen LogP contribution is -2.28. The van der Waals surface area contributed by atoms with Crippen LogP contribution >= 0.6 is 11.3 Å². The molecule has 0 aliphatic carbocycles. The van der Waals surface area contributed by atoms with Gasteiger partial charge in [-0.05, 0) is 24.3 Å². The van der Waals surface area contributed by atoms with Gasteiger partial charge in [-0.3, -0.25) is 14.5 Å². The van der Waals surface area contributed by atoms with Crippen molar-refractivity contribution in [2.45, 2.75) is 6.04 Å². The number of carbonyl (C=O) groups excluding carboxylic acids is 2. The first-order valence-corrected chi connectivity index (χ1v) is 7.84. The number of methoxy groups -OCH3 is 1. The minimum Gasteiger partial charge on any atom is -0.465 e. The molecule has 24 heavy (non-hydrogen) atoms. The molecular weight excluding hydrogens is 328 g/mol. The van der Waals surface area contributed by atoms with E-state index in [9.17, 15) is 9.59 Å². The third kappa shape index (κ3) is 3.04. The smallest absolute Gasteiger partial charge is 0.348 e. The van der Waals surface area contributed by atoms with Crippen LogP contribution in [0, 0.1) is 0 Å². The van der Waals surface area contributed by atoms with Crippen molar-refractivity contribution in [1.82, 2.24) is 14.8 Å². The molecule has 1 amide bonds. The average Bonchev–Trinajstić information content (AvgIpc) is 3.24. The zero-order chi connectivity index (χ0) is 17.1. The number of hydrogen-bond donors (Lipinski definition) is 1. The molecule has 122 valence electrons. The first-order valence-electron chi connectivity index (χ1n) is 7.03. The van der Waals surface area contributed by atoms with Gasteiger partial charge in [0.05, 0.1) is 12.0 Å². The van der Waals surface area contributed by atoms with E-state index in [0.717, 1.165) is 4.88 Å². The van der Waals surface area contributed by atoms with Crippen molar-refractivity contribution in [2.75, 3.05) is 7.11 Å². The van der Waals surface area contributed by atoms with Crippen LogP contribution in [-0.2, 0) is 9.53 Å². The summed E-state index contributed by atoms with van der Waals surface area (Å²) in [6, 6.07) is 7.98. The fourth-order valence-electron chi connectivity index (χ4n) is 2.28. The number of thiophene rings is 1. The van der Waals surface area contributed by atoms with Crippen molar-refractivity contribution in [2.24, 2.45) is 5.73 Å². The van der Waals surface area contributed by atoms with E-state index >= 15 is 0 Å². The maximum absolute atomic E-state index is 11.9. The minimum absolute atomic E-state index is 0.393. The molecule has 0 radical (unpaired) electrons. The summed E-state index contributed by atoms with van der Waals surface area (Å²) >= 11 is 1.27. The molecule has 2 N–H and O–H groups in total. The number of ether oxygens (including phenoxy) is 1. The second kappa shape index (κ2) is 6.63. The van der Waals surface area contributed by atoms with Gasteiger partial charge >= 0.3 is 5.97 Å². The lowest BCUT2D eigenvalue weighted by Gasteiger charge is -2.13. The predicted molar refractivity (Wildman–Crippen MR) is 88.4 cm³/mol. The highest BCUT2D eigenvalue weighted by Gasteiger charge is 2.22. The molecule has 0 aliphatic rings. The van der Waals surface area contributed by atoms with Crippen LogP contribution in [0.5, 0.6) is 0 Å². The van der Waals surface area contributed by atoms with E-state index in [-0.39, 0.29) is 0 Å². The number of rotatable bonds is 5. The Labute approximate surface area is 141 Å². The molecule has 3 aromatic rings. The molecule has 1 atom stereocenters. The Morgan fingerprint density at radius 2 is 2.12 bits per heavy atom. The van der Waals surface area contributed by atoms with E-state index in [4.69, 9.17) is 10.5 Å². The van der Waals surface area contributed by atoms with Crippen molar-refractivity contribution in [1.29, 1.82) is 0 Å². The Balaban J connectivity index is 1.93. The van der Waals surface area contributed by atoms with Gasteiger partial charge in [-0.15, -0.1) is 11.3 Å². The van der Waals surface area contributed by atoms with Crippen LogP contribution in [0.15, 0.2) is 48.9 Å².